The standard InChI is InChI=1S/C6H4F4O3S/c7-2-1-3(8)6(14(11,12)13)5(10)4(2)9/h3H,1H2,(H,11,12,13)/t3-/m0/s1. The maximum absolute atomic E-state index is 12.7. The van der Waals surface area contributed by atoms with E-state index < -0.39 is 45.1 Å². The van der Waals surface area contributed by atoms with Gasteiger partial charge in [0.05, 0.1) is 0 Å². The van der Waals surface area contributed by atoms with Gasteiger partial charge in [0.1, 0.15) is 16.9 Å². The molecule has 14 heavy (non-hydrogen) atoms. The second kappa shape index (κ2) is 3.35. The van der Waals surface area contributed by atoms with Crippen molar-refractivity contribution in [2.75, 3.05) is 0 Å². The molecule has 0 saturated heterocycles. The molecule has 0 aromatic carbocycles. The maximum Gasteiger partial charge on any atom is 0.296 e. The predicted molar refractivity (Wildman–Crippen MR) is 38.4 cm³/mol. The average molecular weight is 232 g/mol. The van der Waals surface area contributed by atoms with Crippen LogP contribution in [0.1, 0.15) is 6.42 Å². The van der Waals surface area contributed by atoms with Gasteiger partial charge < -0.3 is 0 Å². The van der Waals surface area contributed by atoms with Crippen molar-refractivity contribution in [3.05, 3.63) is 22.4 Å². The molecule has 3 nitrogen and oxygen atoms in total. The highest BCUT2D eigenvalue weighted by Crippen LogP contribution is 2.36. The summed E-state index contributed by atoms with van der Waals surface area (Å²) < 4.78 is 79.3. The summed E-state index contributed by atoms with van der Waals surface area (Å²) in [6.45, 7) is 0. The summed E-state index contributed by atoms with van der Waals surface area (Å²) in [5.74, 6) is -6.03. The summed E-state index contributed by atoms with van der Waals surface area (Å²) in [5, 5.41) is 0. The highest BCUT2D eigenvalue weighted by Gasteiger charge is 2.37. The highest BCUT2D eigenvalue weighted by atomic mass is 32.2. The minimum atomic E-state index is -5.19. The van der Waals surface area contributed by atoms with Gasteiger partial charge in [0, 0.05) is 6.42 Å². The van der Waals surface area contributed by atoms with Gasteiger partial charge in [-0.25, -0.2) is 17.6 Å². The summed E-state index contributed by atoms with van der Waals surface area (Å²) >= 11 is 0. The van der Waals surface area contributed by atoms with E-state index in [1.54, 1.807) is 0 Å². The molecule has 1 aliphatic carbocycles. The fourth-order valence-electron chi connectivity index (χ4n) is 0.979. The lowest BCUT2D eigenvalue weighted by Crippen LogP contribution is -2.19. The monoisotopic (exact) mass is 232 g/mol. The van der Waals surface area contributed by atoms with E-state index >= 15 is 0 Å². The van der Waals surface area contributed by atoms with Gasteiger partial charge in [0.15, 0.2) is 11.7 Å². The van der Waals surface area contributed by atoms with Gasteiger partial charge in [-0.15, -0.1) is 0 Å². The van der Waals surface area contributed by atoms with Crippen molar-refractivity contribution in [3.8, 4) is 0 Å². The van der Waals surface area contributed by atoms with E-state index in [0.717, 1.165) is 0 Å². The molecule has 0 unspecified atom stereocenters. The minimum absolute atomic E-state index is 1.24. The van der Waals surface area contributed by atoms with Crippen LogP contribution in [0.3, 0.4) is 0 Å². The van der Waals surface area contributed by atoms with Crippen LogP contribution in [-0.4, -0.2) is 19.1 Å². The van der Waals surface area contributed by atoms with Gasteiger partial charge >= 0.3 is 0 Å². The van der Waals surface area contributed by atoms with Crippen molar-refractivity contribution in [1.82, 2.24) is 0 Å². The molecule has 0 aromatic rings. The molecule has 1 N–H and O–H groups in total. The molecule has 0 radical (unpaired) electrons. The van der Waals surface area contributed by atoms with Gasteiger partial charge in [-0.2, -0.15) is 8.42 Å². The van der Waals surface area contributed by atoms with Crippen LogP contribution in [0, 0.1) is 0 Å². The van der Waals surface area contributed by atoms with Crippen molar-refractivity contribution in [2.24, 2.45) is 0 Å². The summed E-state index contributed by atoms with van der Waals surface area (Å²) in [6, 6.07) is 0. The smallest absolute Gasteiger partial charge is 0.282 e. The van der Waals surface area contributed by atoms with Crippen molar-refractivity contribution >= 4 is 10.1 Å². The highest BCUT2D eigenvalue weighted by molar-refractivity contribution is 7.89. The first kappa shape index (κ1) is 11.2. The van der Waals surface area contributed by atoms with E-state index in [9.17, 15) is 26.0 Å². The van der Waals surface area contributed by atoms with Crippen LogP contribution in [0.5, 0.6) is 0 Å². The van der Waals surface area contributed by atoms with E-state index in [-0.39, 0.29) is 0 Å². The third-order valence-electron chi connectivity index (χ3n) is 1.57. The zero-order chi connectivity index (χ0) is 11.1. The van der Waals surface area contributed by atoms with Gasteiger partial charge in [0.2, 0.25) is 0 Å². The first-order valence-corrected chi connectivity index (χ1v) is 4.75. The van der Waals surface area contributed by atoms with Crippen LogP contribution in [-0.2, 0) is 10.1 Å². The second-order valence-electron chi connectivity index (χ2n) is 2.54. The Labute approximate surface area is 76.5 Å². The Bertz CT molecular complexity index is 422. The van der Waals surface area contributed by atoms with E-state index in [2.05, 4.69) is 0 Å². The van der Waals surface area contributed by atoms with Crippen LogP contribution in [0.25, 0.3) is 0 Å². The Balaban J connectivity index is 3.41. The fraction of sp³-hybridized carbons (Fsp3) is 0.333. The van der Waals surface area contributed by atoms with Gasteiger partial charge in [-0.1, -0.05) is 0 Å². The molecular weight excluding hydrogens is 228 g/mol. The topological polar surface area (TPSA) is 54.4 Å². The zero-order valence-corrected chi connectivity index (χ0v) is 7.28. The molecule has 8 heteroatoms. The number of halogens is 4. The first-order valence-electron chi connectivity index (χ1n) is 3.31. The number of alkyl halides is 1. The maximum atomic E-state index is 12.7. The Morgan fingerprint density at radius 3 is 2.14 bits per heavy atom. The lowest BCUT2D eigenvalue weighted by molar-refractivity contribution is 0.326. The van der Waals surface area contributed by atoms with Gasteiger partial charge in [-0.3, -0.25) is 4.55 Å². The first-order chi connectivity index (χ1) is 6.25. The molecule has 0 bridgehead atoms. The van der Waals surface area contributed by atoms with Crippen LogP contribution in [0.4, 0.5) is 17.6 Å². The number of rotatable bonds is 1. The Kier molecular flexibility index (Phi) is 2.68. The summed E-state index contributed by atoms with van der Waals surface area (Å²) in [4.78, 5) is -1.77. The third-order valence-corrected chi connectivity index (χ3v) is 2.56. The molecule has 0 heterocycles. The molecule has 0 spiro atoms. The Hall–Kier alpha value is -0.890. The molecule has 0 amide bonds. The molecule has 0 fully saturated rings. The molecule has 1 atom stereocenters. The van der Waals surface area contributed by atoms with E-state index in [1.807, 2.05) is 0 Å². The fourth-order valence-corrected chi connectivity index (χ4v) is 1.70. The number of hydrogen-bond acceptors (Lipinski definition) is 2. The normalized spacial score (nSPS) is 24.5. The van der Waals surface area contributed by atoms with E-state index in [4.69, 9.17) is 4.55 Å². The predicted octanol–water partition coefficient (Wildman–Crippen LogP) is 1.95. The van der Waals surface area contributed by atoms with Gasteiger partial charge in [-0.05, 0) is 0 Å². The summed E-state index contributed by atoms with van der Waals surface area (Å²) in [7, 11) is -5.19. The molecule has 0 saturated carbocycles. The van der Waals surface area contributed by atoms with Crippen LogP contribution in [0.2, 0.25) is 0 Å². The Morgan fingerprint density at radius 1 is 1.21 bits per heavy atom. The molecule has 80 valence electrons. The largest absolute Gasteiger partial charge is 0.296 e. The third kappa shape index (κ3) is 1.80. The lowest BCUT2D eigenvalue weighted by atomic mass is 10.1. The van der Waals surface area contributed by atoms with Crippen molar-refractivity contribution in [2.45, 2.75) is 12.6 Å². The SMILES string of the molecule is O=S(=O)(O)C1=C(F)C(F)=C(F)C[C@@H]1F. The van der Waals surface area contributed by atoms with Crippen LogP contribution >= 0.6 is 0 Å². The molecule has 1 aliphatic rings. The summed E-state index contributed by atoms with van der Waals surface area (Å²) in [6.07, 6.45) is -3.85. The molecule has 1 rings (SSSR count). The van der Waals surface area contributed by atoms with E-state index in [1.165, 1.54) is 0 Å². The van der Waals surface area contributed by atoms with Crippen LogP contribution < -0.4 is 0 Å². The minimum Gasteiger partial charge on any atom is -0.282 e. The quantitative estimate of drug-likeness (QED) is 0.555. The average Bonchev–Trinajstić information content (AvgIpc) is 1.97. The second-order valence-corrected chi connectivity index (χ2v) is 3.93. The number of hydrogen-bond donors (Lipinski definition) is 1. The van der Waals surface area contributed by atoms with Crippen LogP contribution in [0.15, 0.2) is 22.4 Å². The van der Waals surface area contributed by atoms with Gasteiger partial charge in [0.25, 0.3) is 10.1 Å². The van der Waals surface area contributed by atoms with Crippen molar-refractivity contribution < 1.29 is 30.5 Å². The molecule has 0 aromatic heterocycles. The zero-order valence-electron chi connectivity index (χ0n) is 6.47. The summed E-state index contributed by atoms with van der Waals surface area (Å²) in [5.41, 5.74) is 0. The number of allylic oxidation sites excluding steroid dienone is 4. The molecular formula is C6H4F4O3S. The van der Waals surface area contributed by atoms with E-state index in [0.29, 0.717) is 0 Å². The molecule has 0 aliphatic heterocycles. The lowest BCUT2D eigenvalue weighted by Gasteiger charge is -2.15. The Morgan fingerprint density at radius 2 is 1.71 bits per heavy atom. The van der Waals surface area contributed by atoms with Crippen molar-refractivity contribution in [3.63, 3.8) is 0 Å². The van der Waals surface area contributed by atoms with Crippen molar-refractivity contribution in [1.29, 1.82) is 0 Å².